The maximum atomic E-state index is 10.0. The number of rotatable bonds is 5. The normalized spacial score (nSPS) is 13.8. The summed E-state index contributed by atoms with van der Waals surface area (Å²) in [6, 6.07) is 5.69. The molecule has 1 aromatic carbocycles. The van der Waals surface area contributed by atoms with Crippen LogP contribution in [0.5, 0.6) is 0 Å². The SMILES string of the molecule is COC(C)(C)CC(O)Cc1ccc(Br)cc1Cl. The van der Waals surface area contributed by atoms with Gasteiger partial charge in [-0.1, -0.05) is 33.6 Å². The predicted molar refractivity (Wildman–Crippen MR) is 74.6 cm³/mol. The Kier molecular flexibility index (Phi) is 5.45. The van der Waals surface area contributed by atoms with Crippen molar-refractivity contribution in [2.24, 2.45) is 0 Å². The largest absolute Gasteiger partial charge is 0.393 e. The summed E-state index contributed by atoms with van der Waals surface area (Å²) in [6.45, 7) is 3.92. The Bertz CT molecular complexity index is 380. The maximum Gasteiger partial charge on any atom is 0.0647 e. The molecule has 0 aliphatic heterocycles. The lowest BCUT2D eigenvalue weighted by Crippen LogP contribution is -2.29. The summed E-state index contributed by atoms with van der Waals surface area (Å²) in [5, 5.41) is 10.7. The molecule has 1 rings (SSSR count). The van der Waals surface area contributed by atoms with E-state index in [0.717, 1.165) is 10.0 Å². The van der Waals surface area contributed by atoms with Crippen molar-refractivity contribution in [3.05, 3.63) is 33.3 Å². The molecule has 1 N–H and O–H groups in total. The van der Waals surface area contributed by atoms with Crippen molar-refractivity contribution in [3.63, 3.8) is 0 Å². The molecule has 1 aromatic rings. The topological polar surface area (TPSA) is 29.5 Å². The molecular weight excluding hydrogens is 303 g/mol. The second kappa shape index (κ2) is 6.19. The highest BCUT2D eigenvalue weighted by atomic mass is 79.9. The van der Waals surface area contributed by atoms with E-state index >= 15 is 0 Å². The van der Waals surface area contributed by atoms with Crippen LogP contribution in [0.1, 0.15) is 25.8 Å². The number of hydrogen-bond acceptors (Lipinski definition) is 2. The number of halogens is 2. The second-order valence-corrected chi connectivity index (χ2v) is 6.08. The lowest BCUT2D eigenvalue weighted by Gasteiger charge is -2.26. The quantitative estimate of drug-likeness (QED) is 0.893. The van der Waals surface area contributed by atoms with Crippen molar-refractivity contribution in [2.75, 3.05) is 7.11 Å². The predicted octanol–water partition coefficient (Wildman–Crippen LogP) is 3.82. The van der Waals surface area contributed by atoms with Crippen LogP contribution in [0, 0.1) is 0 Å². The first-order valence-corrected chi connectivity index (χ1v) is 6.68. The van der Waals surface area contributed by atoms with Crippen molar-refractivity contribution < 1.29 is 9.84 Å². The van der Waals surface area contributed by atoms with Crippen LogP contribution in [-0.4, -0.2) is 23.9 Å². The second-order valence-electron chi connectivity index (χ2n) is 4.76. The van der Waals surface area contributed by atoms with E-state index in [0.29, 0.717) is 17.9 Å². The summed E-state index contributed by atoms with van der Waals surface area (Å²) in [7, 11) is 1.65. The van der Waals surface area contributed by atoms with Gasteiger partial charge >= 0.3 is 0 Å². The van der Waals surface area contributed by atoms with Gasteiger partial charge in [0.15, 0.2) is 0 Å². The van der Waals surface area contributed by atoms with E-state index in [2.05, 4.69) is 15.9 Å². The summed E-state index contributed by atoms with van der Waals surface area (Å²) in [4.78, 5) is 0. The van der Waals surface area contributed by atoms with Crippen molar-refractivity contribution in [3.8, 4) is 0 Å². The molecule has 0 fully saturated rings. The molecule has 2 nitrogen and oxygen atoms in total. The zero-order valence-electron chi connectivity index (χ0n) is 10.3. The van der Waals surface area contributed by atoms with E-state index in [1.54, 1.807) is 7.11 Å². The molecule has 17 heavy (non-hydrogen) atoms. The van der Waals surface area contributed by atoms with Crippen LogP contribution < -0.4 is 0 Å². The van der Waals surface area contributed by atoms with Gasteiger partial charge < -0.3 is 9.84 Å². The van der Waals surface area contributed by atoms with Gasteiger partial charge in [0.2, 0.25) is 0 Å². The van der Waals surface area contributed by atoms with Gasteiger partial charge in [-0.25, -0.2) is 0 Å². The molecule has 0 aliphatic rings. The first kappa shape index (κ1) is 15.0. The Morgan fingerprint density at radius 2 is 2.12 bits per heavy atom. The van der Waals surface area contributed by atoms with Crippen LogP contribution in [0.3, 0.4) is 0 Å². The van der Waals surface area contributed by atoms with Gasteiger partial charge in [-0.3, -0.25) is 0 Å². The van der Waals surface area contributed by atoms with Crippen molar-refractivity contribution in [1.82, 2.24) is 0 Å². The van der Waals surface area contributed by atoms with E-state index in [1.165, 1.54) is 0 Å². The molecule has 96 valence electrons. The van der Waals surface area contributed by atoms with Gasteiger partial charge in [0.1, 0.15) is 0 Å². The Balaban J connectivity index is 2.65. The van der Waals surface area contributed by atoms with Crippen LogP contribution in [0.2, 0.25) is 5.02 Å². The molecule has 0 aromatic heterocycles. The smallest absolute Gasteiger partial charge is 0.0647 e. The molecule has 0 spiro atoms. The van der Waals surface area contributed by atoms with Crippen LogP contribution in [0.4, 0.5) is 0 Å². The zero-order chi connectivity index (χ0) is 13.1. The van der Waals surface area contributed by atoms with E-state index in [9.17, 15) is 5.11 Å². The molecule has 0 radical (unpaired) electrons. The summed E-state index contributed by atoms with van der Waals surface area (Å²) in [6.07, 6.45) is 0.665. The number of benzene rings is 1. The van der Waals surface area contributed by atoms with E-state index in [-0.39, 0.29) is 5.60 Å². The summed E-state index contributed by atoms with van der Waals surface area (Å²) < 4.78 is 6.24. The van der Waals surface area contributed by atoms with E-state index < -0.39 is 6.10 Å². The summed E-state index contributed by atoms with van der Waals surface area (Å²) in [5.41, 5.74) is 0.635. The van der Waals surface area contributed by atoms with Gasteiger partial charge in [0.05, 0.1) is 11.7 Å². The highest BCUT2D eigenvalue weighted by Crippen LogP contribution is 2.24. The Morgan fingerprint density at radius 3 is 2.65 bits per heavy atom. The highest BCUT2D eigenvalue weighted by Gasteiger charge is 2.22. The van der Waals surface area contributed by atoms with E-state index in [1.807, 2.05) is 32.0 Å². The molecule has 4 heteroatoms. The number of methoxy groups -OCH3 is 1. The molecule has 0 saturated heterocycles. The first-order chi connectivity index (χ1) is 7.84. The molecule has 0 saturated carbocycles. The zero-order valence-corrected chi connectivity index (χ0v) is 12.7. The number of hydrogen-bond donors (Lipinski definition) is 1. The van der Waals surface area contributed by atoms with Crippen LogP contribution in [-0.2, 0) is 11.2 Å². The summed E-state index contributed by atoms with van der Waals surface area (Å²) in [5.74, 6) is 0. The third kappa shape index (κ3) is 4.96. The summed E-state index contributed by atoms with van der Waals surface area (Å²) >= 11 is 9.46. The third-order valence-electron chi connectivity index (χ3n) is 2.75. The molecular formula is C13H18BrClO2. The number of aliphatic hydroxyl groups is 1. The van der Waals surface area contributed by atoms with Crippen molar-refractivity contribution in [1.29, 1.82) is 0 Å². The lowest BCUT2D eigenvalue weighted by atomic mass is 9.96. The fourth-order valence-corrected chi connectivity index (χ4v) is 2.41. The van der Waals surface area contributed by atoms with Gasteiger partial charge in [-0.15, -0.1) is 0 Å². The van der Waals surface area contributed by atoms with Gasteiger partial charge in [0.25, 0.3) is 0 Å². The average Bonchev–Trinajstić information content (AvgIpc) is 2.21. The van der Waals surface area contributed by atoms with E-state index in [4.69, 9.17) is 16.3 Å². The van der Waals surface area contributed by atoms with Crippen molar-refractivity contribution >= 4 is 27.5 Å². The molecule has 0 amide bonds. The number of aliphatic hydroxyl groups excluding tert-OH is 1. The Labute approximate surface area is 116 Å². The first-order valence-electron chi connectivity index (χ1n) is 5.51. The average molecular weight is 322 g/mol. The van der Waals surface area contributed by atoms with Crippen LogP contribution in [0.15, 0.2) is 22.7 Å². The van der Waals surface area contributed by atoms with Gasteiger partial charge in [-0.05, 0) is 38.0 Å². The van der Waals surface area contributed by atoms with Gasteiger partial charge in [0, 0.05) is 23.0 Å². The molecule has 1 atom stereocenters. The minimum Gasteiger partial charge on any atom is -0.393 e. The van der Waals surface area contributed by atoms with Crippen molar-refractivity contribution in [2.45, 2.75) is 38.4 Å². The fraction of sp³-hybridized carbons (Fsp3) is 0.538. The van der Waals surface area contributed by atoms with Crippen LogP contribution >= 0.6 is 27.5 Å². The van der Waals surface area contributed by atoms with Gasteiger partial charge in [-0.2, -0.15) is 0 Å². The minimum absolute atomic E-state index is 0.318. The Hall–Kier alpha value is -0.0900. The molecule has 0 aliphatic carbocycles. The monoisotopic (exact) mass is 320 g/mol. The standard InChI is InChI=1S/C13H18BrClO2/c1-13(2,17-3)8-11(16)6-9-4-5-10(14)7-12(9)15/h4-5,7,11,16H,6,8H2,1-3H3. The maximum absolute atomic E-state index is 10.0. The van der Waals surface area contributed by atoms with Crippen LogP contribution in [0.25, 0.3) is 0 Å². The lowest BCUT2D eigenvalue weighted by molar-refractivity contribution is -0.0190. The fourth-order valence-electron chi connectivity index (χ4n) is 1.66. The molecule has 0 heterocycles. The molecule has 1 unspecified atom stereocenters. The number of ether oxygens (including phenoxy) is 1. The highest BCUT2D eigenvalue weighted by molar-refractivity contribution is 9.10. The molecule has 0 bridgehead atoms. The minimum atomic E-state index is -0.455. The Morgan fingerprint density at radius 1 is 1.47 bits per heavy atom. The third-order valence-corrected chi connectivity index (χ3v) is 3.60.